The van der Waals surface area contributed by atoms with Gasteiger partial charge in [0.2, 0.25) is 5.91 Å². The van der Waals surface area contributed by atoms with Crippen molar-refractivity contribution < 1.29 is 9.59 Å². The van der Waals surface area contributed by atoms with Gasteiger partial charge in [0.1, 0.15) is 11.2 Å². The number of carbonyl (C=O) groups is 2. The number of rotatable bonds is 3. The Kier molecular flexibility index (Phi) is 3.88. The third kappa shape index (κ3) is 3.24. The fourth-order valence-electron chi connectivity index (χ4n) is 3.18. The molecule has 0 aliphatic carbocycles. The molecule has 2 amide bonds. The first-order chi connectivity index (χ1) is 12.9. The van der Waals surface area contributed by atoms with Crippen LogP contribution in [0.5, 0.6) is 0 Å². The summed E-state index contributed by atoms with van der Waals surface area (Å²) in [6, 6.07) is 12.9. The van der Waals surface area contributed by atoms with E-state index in [-0.39, 0.29) is 24.2 Å². The lowest BCUT2D eigenvalue weighted by Crippen LogP contribution is -2.46. The maximum absolute atomic E-state index is 12.6. The Balaban J connectivity index is 1.60. The van der Waals surface area contributed by atoms with Crippen LogP contribution in [-0.2, 0) is 10.3 Å². The minimum Gasteiger partial charge on any atom is -0.370 e. The van der Waals surface area contributed by atoms with E-state index in [1.807, 2.05) is 24.3 Å². The normalized spacial score (nSPS) is 19.4. The fourth-order valence-corrected chi connectivity index (χ4v) is 3.18. The minimum absolute atomic E-state index is 0.0584. The maximum Gasteiger partial charge on any atom is 0.272 e. The van der Waals surface area contributed by atoms with Gasteiger partial charge in [0.05, 0.1) is 12.1 Å². The number of nitrogens with zero attached hydrogens (tertiary/aromatic N) is 2. The highest BCUT2D eigenvalue weighted by molar-refractivity contribution is 6.06. The van der Waals surface area contributed by atoms with Gasteiger partial charge in [0.25, 0.3) is 5.91 Å². The number of nitrogens with two attached hydrogens (primary N) is 1. The van der Waals surface area contributed by atoms with E-state index in [1.165, 1.54) is 0 Å². The Morgan fingerprint density at radius 2 is 2.07 bits per heavy atom. The molecule has 0 radical (unpaired) electrons. The average molecular weight is 362 g/mol. The van der Waals surface area contributed by atoms with Crippen molar-refractivity contribution in [2.24, 2.45) is 10.7 Å². The number of H-pyrrole nitrogens is 1. The minimum atomic E-state index is -0.881. The number of benzene rings is 1. The monoisotopic (exact) mass is 362 g/mol. The number of guanidine groups is 1. The van der Waals surface area contributed by atoms with E-state index in [4.69, 9.17) is 5.73 Å². The fraction of sp³-hybridized carbons (Fsp3) is 0.158. The summed E-state index contributed by atoms with van der Waals surface area (Å²) in [4.78, 5) is 36.1. The summed E-state index contributed by atoms with van der Waals surface area (Å²) in [7, 11) is 0. The van der Waals surface area contributed by atoms with Gasteiger partial charge in [0, 0.05) is 22.8 Å². The zero-order valence-corrected chi connectivity index (χ0v) is 14.6. The van der Waals surface area contributed by atoms with Gasteiger partial charge < -0.3 is 16.0 Å². The summed E-state index contributed by atoms with van der Waals surface area (Å²) in [5.74, 6) is -0.430. The number of nitrogens with one attached hydrogen (secondary N) is 3. The molecule has 1 aliphatic rings. The number of amides is 2. The molecule has 8 nitrogen and oxygen atoms in total. The number of carbonyl (C=O) groups excluding carboxylic acids is 2. The first kappa shape index (κ1) is 16.8. The third-order valence-electron chi connectivity index (χ3n) is 4.48. The Morgan fingerprint density at radius 1 is 1.26 bits per heavy atom. The molecule has 0 spiro atoms. The predicted octanol–water partition coefficient (Wildman–Crippen LogP) is 1.86. The number of anilines is 1. The molecular weight excluding hydrogens is 344 g/mol. The van der Waals surface area contributed by atoms with Crippen LogP contribution in [-0.4, -0.2) is 27.7 Å². The van der Waals surface area contributed by atoms with E-state index >= 15 is 0 Å². The van der Waals surface area contributed by atoms with Crippen LogP contribution < -0.4 is 16.4 Å². The van der Waals surface area contributed by atoms with Crippen molar-refractivity contribution in [2.45, 2.75) is 18.9 Å². The third-order valence-corrected chi connectivity index (χ3v) is 4.48. The van der Waals surface area contributed by atoms with Crippen LogP contribution in [0.2, 0.25) is 0 Å². The highest BCUT2D eigenvalue weighted by Gasteiger charge is 2.34. The van der Waals surface area contributed by atoms with Crippen LogP contribution in [0.15, 0.2) is 53.7 Å². The van der Waals surface area contributed by atoms with Crippen molar-refractivity contribution in [3.8, 4) is 0 Å². The number of aromatic amines is 1. The van der Waals surface area contributed by atoms with Gasteiger partial charge >= 0.3 is 0 Å². The number of hydrogen-bond acceptors (Lipinski definition) is 5. The number of para-hydroxylation sites is 1. The molecule has 1 aromatic carbocycles. The van der Waals surface area contributed by atoms with Crippen LogP contribution in [0.25, 0.3) is 10.9 Å². The van der Waals surface area contributed by atoms with E-state index in [9.17, 15) is 9.59 Å². The number of fused-ring (bicyclic) bond motifs is 1. The second kappa shape index (κ2) is 6.24. The Morgan fingerprint density at radius 3 is 2.85 bits per heavy atom. The van der Waals surface area contributed by atoms with E-state index < -0.39 is 5.54 Å². The van der Waals surface area contributed by atoms with Crippen LogP contribution >= 0.6 is 0 Å². The predicted molar refractivity (Wildman–Crippen MR) is 102 cm³/mol. The van der Waals surface area contributed by atoms with Crippen LogP contribution in [0.4, 0.5) is 5.69 Å². The van der Waals surface area contributed by atoms with E-state index in [1.54, 1.807) is 31.3 Å². The first-order valence-electron chi connectivity index (χ1n) is 8.44. The van der Waals surface area contributed by atoms with Crippen LogP contribution in [0.1, 0.15) is 29.5 Å². The van der Waals surface area contributed by atoms with Crippen molar-refractivity contribution in [3.63, 3.8) is 0 Å². The zero-order valence-electron chi connectivity index (χ0n) is 14.6. The summed E-state index contributed by atoms with van der Waals surface area (Å²) in [6.45, 7) is 1.78. The topological polar surface area (TPSA) is 125 Å². The van der Waals surface area contributed by atoms with Crippen molar-refractivity contribution in [3.05, 3.63) is 60.0 Å². The van der Waals surface area contributed by atoms with Gasteiger partial charge in [-0.25, -0.2) is 4.99 Å². The highest BCUT2D eigenvalue weighted by Crippen LogP contribution is 2.31. The van der Waals surface area contributed by atoms with Crippen LogP contribution in [0, 0.1) is 0 Å². The summed E-state index contributed by atoms with van der Waals surface area (Å²) in [5.41, 5.74) is 7.27. The average Bonchev–Trinajstić information content (AvgIpc) is 3.05. The molecule has 0 bridgehead atoms. The number of aromatic nitrogens is 2. The lowest BCUT2D eigenvalue weighted by molar-refractivity contribution is -0.121. The molecule has 1 aliphatic heterocycles. The molecule has 5 N–H and O–H groups in total. The Hall–Kier alpha value is -3.68. The first-order valence-corrected chi connectivity index (χ1v) is 8.44. The zero-order chi connectivity index (χ0) is 19.0. The SMILES string of the molecule is CC1(c2cc(NC(=O)c3cc4ccccc4[nH]3)ccn2)CC(=O)NC(N)=N1. The van der Waals surface area contributed by atoms with Gasteiger partial charge in [-0.1, -0.05) is 18.2 Å². The second-order valence-corrected chi connectivity index (χ2v) is 6.65. The van der Waals surface area contributed by atoms with Crippen LogP contribution in [0.3, 0.4) is 0 Å². The molecule has 0 fully saturated rings. The van der Waals surface area contributed by atoms with Gasteiger partial charge in [-0.3, -0.25) is 19.9 Å². The molecule has 136 valence electrons. The molecule has 4 rings (SSSR count). The van der Waals surface area contributed by atoms with Crippen molar-refractivity contribution >= 4 is 34.4 Å². The van der Waals surface area contributed by atoms with Gasteiger partial charge in [-0.05, 0) is 31.2 Å². The van der Waals surface area contributed by atoms with Gasteiger partial charge in [-0.15, -0.1) is 0 Å². The molecule has 1 unspecified atom stereocenters. The van der Waals surface area contributed by atoms with E-state index in [2.05, 4.69) is 25.6 Å². The van der Waals surface area contributed by atoms with E-state index in [0.717, 1.165) is 10.9 Å². The maximum atomic E-state index is 12.6. The van der Waals surface area contributed by atoms with Gasteiger partial charge in [-0.2, -0.15) is 0 Å². The molecule has 1 atom stereocenters. The number of aliphatic imine (C=N–C) groups is 1. The molecule has 2 aromatic heterocycles. The van der Waals surface area contributed by atoms with Gasteiger partial charge in [0.15, 0.2) is 5.96 Å². The molecule has 0 saturated carbocycles. The Bertz CT molecular complexity index is 1050. The largest absolute Gasteiger partial charge is 0.370 e. The molecular formula is C19H18N6O2. The Labute approximate surface area is 154 Å². The van der Waals surface area contributed by atoms with E-state index in [0.29, 0.717) is 17.1 Å². The summed E-state index contributed by atoms with van der Waals surface area (Å²) in [5, 5.41) is 6.28. The second-order valence-electron chi connectivity index (χ2n) is 6.65. The lowest BCUT2D eigenvalue weighted by Gasteiger charge is -2.28. The smallest absolute Gasteiger partial charge is 0.272 e. The molecule has 8 heteroatoms. The lowest BCUT2D eigenvalue weighted by atomic mass is 9.92. The number of hydrogen-bond donors (Lipinski definition) is 4. The molecule has 3 heterocycles. The molecule has 3 aromatic rings. The van der Waals surface area contributed by atoms with Crippen molar-refractivity contribution in [1.29, 1.82) is 0 Å². The number of pyridine rings is 1. The van der Waals surface area contributed by atoms with Crippen molar-refractivity contribution in [2.75, 3.05) is 5.32 Å². The summed E-state index contributed by atoms with van der Waals surface area (Å²) >= 11 is 0. The summed E-state index contributed by atoms with van der Waals surface area (Å²) < 4.78 is 0. The standard InChI is InChI=1S/C19H18N6O2/c1-19(10-16(26)24-18(20)25-19)15-9-12(6-7-21-15)22-17(27)14-8-11-4-2-3-5-13(11)23-14/h2-9,23H,10H2,1H3,(H,21,22,27)(H3,20,24,25,26). The summed E-state index contributed by atoms with van der Waals surface area (Å²) in [6.07, 6.45) is 1.69. The quantitative estimate of drug-likeness (QED) is 0.567. The molecule has 0 saturated heterocycles. The van der Waals surface area contributed by atoms with Crippen molar-refractivity contribution in [1.82, 2.24) is 15.3 Å². The molecule has 27 heavy (non-hydrogen) atoms. The highest BCUT2D eigenvalue weighted by atomic mass is 16.2.